The van der Waals surface area contributed by atoms with Crippen molar-refractivity contribution in [3.05, 3.63) is 58.1 Å². The number of amides is 2. The number of anilines is 3. The molecule has 194 valence electrons. The molecule has 1 unspecified atom stereocenters. The molecule has 1 aliphatic rings. The van der Waals surface area contributed by atoms with E-state index in [-0.39, 0.29) is 17.2 Å². The Balaban J connectivity index is 1.71. The fraction of sp³-hybridized carbons (Fsp3) is 0.462. The molecule has 10 nitrogen and oxygen atoms in total. The number of nitrogens with one attached hydrogen (secondary N) is 3. The number of nitro groups is 1. The lowest BCUT2D eigenvalue weighted by molar-refractivity contribution is -0.384. The maximum atomic E-state index is 13.1. The molecule has 1 fully saturated rings. The van der Waals surface area contributed by atoms with Crippen molar-refractivity contribution in [2.45, 2.75) is 45.1 Å². The second-order valence-electron chi connectivity index (χ2n) is 8.81. The van der Waals surface area contributed by atoms with Crippen LogP contribution in [0.1, 0.15) is 49.4 Å². The first kappa shape index (κ1) is 26.9. The summed E-state index contributed by atoms with van der Waals surface area (Å²) in [6.07, 6.45) is 4.37. The summed E-state index contributed by atoms with van der Waals surface area (Å²) in [6.45, 7) is 4.78. The van der Waals surface area contributed by atoms with Gasteiger partial charge in [-0.3, -0.25) is 19.7 Å². The van der Waals surface area contributed by atoms with Gasteiger partial charge in [-0.1, -0.05) is 25.8 Å². The van der Waals surface area contributed by atoms with Gasteiger partial charge in [-0.25, -0.2) is 0 Å². The molecule has 0 spiro atoms. The predicted octanol–water partition coefficient (Wildman–Crippen LogP) is 4.18. The van der Waals surface area contributed by atoms with E-state index in [2.05, 4.69) is 20.9 Å². The number of methoxy groups -OCH3 is 1. The molecule has 2 aromatic rings. The molecule has 1 aliphatic heterocycles. The first-order chi connectivity index (χ1) is 17.4. The van der Waals surface area contributed by atoms with Crippen LogP contribution in [0.4, 0.5) is 22.7 Å². The van der Waals surface area contributed by atoms with Crippen molar-refractivity contribution in [3.8, 4) is 0 Å². The Bertz CT molecular complexity index is 1050. The van der Waals surface area contributed by atoms with Crippen LogP contribution in [0.2, 0.25) is 0 Å². The van der Waals surface area contributed by atoms with E-state index in [1.54, 1.807) is 7.11 Å². The predicted molar refractivity (Wildman–Crippen MR) is 141 cm³/mol. The lowest BCUT2D eigenvalue weighted by Gasteiger charge is -2.21. The van der Waals surface area contributed by atoms with Gasteiger partial charge in [0.15, 0.2) is 0 Å². The van der Waals surface area contributed by atoms with Crippen molar-refractivity contribution in [1.82, 2.24) is 5.32 Å². The highest BCUT2D eigenvalue weighted by Crippen LogP contribution is 2.26. The molecule has 2 amide bonds. The third-order valence-corrected chi connectivity index (χ3v) is 6.13. The van der Waals surface area contributed by atoms with Crippen LogP contribution in [-0.4, -0.2) is 56.1 Å². The van der Waals surface area contributed by atoms with Gasteiger partial charge >= 0.3 is 0 Å². The monoisotopic (exact) mass is 497 g/mol. The zero-order valence-electron chi connectivity index (χ0n) is 20.9. The molecule has 3 N–H and O–H groups in total. The standard InChI is InChI=1S/C26H35N5O5/c1-3-4-10-23(26(33)28-20-8-7-9-21(18-20)30-14-5-6-15-30)29-25(32)19-11-12-22(27-13-16-36-2)24(17-19)31(34)35/h7-9,11-12,17-18,23,27H,3-6,10,13-16H2,1-2H3,(H,28,33)(H,29,32). The van der Waals surface area contributed by atoms with Gasteiger partial charge in [0, 0.05) is 49.7 Å². The van der Waals surface area contributed by atoms with Crippen LogP contribution >= 0.6 is 0 Å². The number of nitro benzene ring substituents is 1. The van der Waals surface area contributed by atoms with E-state index in [1.807, 2.05) is 31.2 Å². The molecule has 10 heteroatoms. The number of nitrogens with zero attached hydrogens (tertiary/aromatic N) is 2. The highest BCUT2D eigenvalue weighted by Gasteiger charge is 2.24. The van der Waals surface area contributed by atoms with Gasteiger partial charge in [0.25, 0.3) is 11.6 Å². The maximum absolute atomic E-state index is 13.1. The van der Waals surface area contributed by atoms with Crippen molar-refractivity contribution in [2.75, 3.05) is 48.9 Å². The molecule has 1 heterocycles. The number of ether oxygens (including phenoxy) is 1. The summed E-state index contributed by atoms with van der Waals surface area (Å²) in [5, 5.41) is 20.2. The minimum Gasteiger partial charge on any atom is -0.383 e. The smallest absolute Gasteiger partial charge is 0.293 e. The number of carbonyl (C=O) groups excluding carboxylic acids is 2. The van der Waals surface area contributed by atoms with E-state index >= 15 is 0 Å². The van der Waals surface area contributed by atoms with E-state index in [9.17, 15) is 19.7 Å². The van der Waals surface area contributed by atoms with Crippen molar-refractivity contribution in [1.29, 1.82) is 0 Å². The van der Waals surface area contributed by atoms with E-state index < -0.39 is 16.9 Å². The van der Waals surface area contributed by atoms with Crippen molar-refractivity contribution >= 4 is 34.6 Å². The SMILES string of the molecule is CCCCC(NC(=O)c1ccc(NCCOC)c([N+](=O)[O-])c1)C(=O)Nc1cccc(N2CCCC2)c1. The highest BCUT2D eigenvalue weighted by atomic mass is 16.6. The Morgan fingerprint density at radius 1 is 1.17 bits per heavy atom. The third-order valence-electron chi connectivity index (χ3n) is 6.13. The number of rotatable bonds is 13. The molecule has 0 aliphatic carbocycles. The fourth-order valence-corrected chi connectivity index (χ4v) is 4.16. The second-order valence-corrected chi connectivity index (χ2v) is 8.81. The number of hydrogen-bond acceptors (Lipinski definition) is 7. The number of benzene rings is 2. The van der Waals surface area contributed by atoms with Crippen LogP contribution in [0.3, 0.4) is 0 Å². The number of carbonyl (C=O) groups is 2. The fourth-order valence-electron chi connectivity index (χ4n) is 4.16. The summed E-state index contributed by atoms with van der Waals surface area (Å²) in [7, 11) is 1.54. The van der Waals surface area contributed by atoms with E-state index in [0.29, 0.717) is 30.9 Å². The first-order valence-corrected chi connectivity index (χ1v) is 12.4. The molecule has 3 rings (SSSR count). The number of unbranched alkanes of at least 4 members (excludes halogenated alkanes) is 1. The average molecular weight is 498 g/mol. The summed E-state index contributed by atoms with van der Waals surface area (Å²) in [5.41, 5.74) is 1.93. The molecule has 0 bridgehead atoms. The molecule has 0 aromatic heterocycles. The highest BCUT2D eigenvalue weighted by molar-refractivity contribution is 6.02. The minimum absolute atomic E-state index is 0.115. The molecule has 1 saturated heterocycles. The molecule has 1 atom stereocenters. The summed E-state index contributed by atoms with van der Waals surface area (Å²) in [5.74, 6) is -0.855. The van der Waals surface area contributed by atoms with Crippen LogP contribution in [-0.2, 0) is 9.53 Å². The molecule has 0 radical (unpaired) electrons. The lowest BCUT2D eigenvalue weighted by atomic mass is 10.1. The Morgan fingerprint density at radius 2 is 1.94 bits per heavy atom. The van der Waals surface area contributed by atoms with Crippen molar-refractivity contribution < 1.29 is 19.2 Å². The molecule has 36 heavy (non-hydrogen) atoms. The summed E-state index contributed by atoms with van der Waals surface area (Å²) >= 11 is 0. The summed E-state index contributed by atoms with van der Waals surface area (Å²) in [6, 6.07) is 11.2. The molecular formula is C26H35N5O5. The average Bonchev–Trinajstić information content (AvgIpc) is 3.42. The van der Waals surface area contributed by atoms with Crippen LogP contribution in [0.5, 0.6) is 0 Å². The van der Waals surface area contributed by atoms with Gasteiger partial charge in [-0.2, -0.15) is 0 Å². The Hall–Kier alpha value is -3.66. The zero-order valence-corrected chi connectivity index (χ0v) is 20.9. The Morgan fingerprint density at radius 3 is 2.64 bits per heavy atom. The Kier molecular flexibility index (Phi) is 10.1. The van der Waals surface area contributed by atoms with Crippen LogP contribution < -0.4 is 20.9 Å². The first-order valence-electron chi connectivity index (χ1n) is 12.4. The third kappa shape index (κ3) is 7.42. The van der Waals surface area contributed by atoms with Crippen LogP contribution in [0.15, 0.2) is 42.5 Å². The summed E-state index contributed by atoms with van der Waals surface area (Å²) < 4.78 is 4.96. The quantitative estimate of drug-likeness (QED) is 0.215. The maximum Gasteiger partial charge on any atom is 0.293 e. The van der Waals surface area contributed by atoms with Gasteiger partial charge in [-0.05, 0) is 49.6 Å². The van der Waals surface area contributed by atoms with Gasteiger partial charge in [0.1, 0.15) is 11.7 Å². The van der Waals surface area contributed by atoms with Gasteiger partial charge in [-0.15, -0.1) is 0 Å². The van der Waals surface area contributed by atoms with Crippen molar-refractivity contribution in [2.24, 2.45) is 0 Å². The normalized spacial score (nSPS) is 13.8. The Labute approximate surface area is 211 Å². The topological polar surface area (TPSA) is 126 Å². The van der Waals surface area contributed by atoms with Gasteiger partial charge in [0.2, 0.25) is 5.91 Å². The lowest BCUT2D eigenvalue weighted by Crippen LogP contribution is -2.43. The van der Waals surface area contributed by atoms with Gasteiger partial charge < -0.3 is 25.6 Å². The second kappa shape index (κ2) is 13.4. The largest absolute Gasteiger partial charge is 0.383 e. The number of hydrogen-bond donors (Lipinski definition) is 3. The van der Waals surface area contributed by atoms with Crippen LogP contribution in [0, 0.1) is 10.1 Å². The van der Waals surface area contributed by atoms with E-state index in [0.717, 1.165) is 44.5 Å². The van der Waals surface area contributed by atoms with E-state index in [4.69, 9.17) is 4.74 Å². The van der Waals surface area contributed by atoms with E-state index in [1.165, 1.54) is 18.2 Å². The summed E-state index contributed by atoms with van der Waals surface area (Å²) in [4.78, 5) is 39.4. The molecular weight excluding hydrogens is 462 g/mol. The molecule has 2 aromatic carbocycles. The molecule has 0 saturated carbocycles. The van der Waals surface area contributed by atoms with Crippen LogP contribution in [0.25, 0.3) is 0 Å². The van der Waals surface area contributed by atoms with Crippen molar-refractivity contribution in [3.63, 3.8) is 0 Å². The minimum atomic E-state index is -0.772. The zero-order chi connectivity index (χ0) is 25.9. The van der Waals surface area contributed by atoms with Gasteiger partial charge in [0.05, 0.1) is 11.5 Å².